The van der Waals surface area contributed by atoms with Gasteiger partial charge in [0.25, 0.3) is 11.3 Å². The summed E-state index contributed by atoms with van der Waals surface area (Å²) in [7, 11) is 0. The van der Waals surface area contributed by atoms with Crippen molar-refractivity contribution in [3.05, 3.63) is 11.3 Å². The number of hydrogen-bond donors (Lipinski definition) is 3. The highest BCUT2D eigenvalue weighted by Crippen LogP contribution is 1.99. The van der Waals surface area contributed by atoms with Gasteiger partial charge in [-0.1, -0.05) is 0 Å². The van der Waals surface area contributed by atoms with Gasteiger partial charge in [-0.3, -0.25) is 9.27 Å². The molecule has 0 saturated carbocycles. The van der Waals surface area contributed by atoms with E-state index in [1.807, 2.05) is 4.72 Å². The van der Waals surface area contributed by atoms with E-state index in [1.54, 1.807) is 0 Å². The summed E-state index contributed by atoms with van der Waals surface area (Å²) >= 11 is -2.33. The van der Waals surface area contributed by atoms with Crippen LogP contribution in [-0.2, 0) is 16.1 Å². The Morgan fingerprint density at radius 1 is 1.45 bits per heavy atom. The summed E-state index contributed by atoms with van der Waals surface area (Å²) in [6.07, 6.45) is 0. The number of carboxylic acids is 1. The van der Waals surface area contributed by atoms with Crippen molar-refractivity contribution < 1.29 is 18.7 Å². The fourth-order valence-electron chi connectivity index (χ4n) is 0.447. The molecule has 5 nitrogen and oxygen atoms in total. The maximum absolute atomic E-state index is 10.3. The van der Waals surface area contributed by atoms with Gasteiger partial charge in [0.05, 0.1) is 0 Å². The lowest BCUT2D eigenvalue weighted by Gasteiger charge is -2.02. The molecule has 64 valence electrons. The smallest absolute Gasteiger partial charge is 0.352 e. The Bertz CT molecular complexity index is 219. The normalized spacial score (nSPS) is 11.9. The van der Waals surface area contributed by atoms with Crippen LogP contribution in [0.3, 0.4) is 0 Å². The van der Waals surface area contributed by atoms with Crippen molar-refractivity contribution in [3.63, 3.8) is 0 Å². The van der Waals surface area contributed by atoms with Crippen molar-refractivity contribution in [2.45, 2.75) is 13.8 Å². The van der Waals surface area contributed by atoms with Gasteiger partial charge in [-0.2, -0.15) is 0 Å². The molecule has 1 unspecified atom stereocenters. The van der Waals surface area contributed by atoms with E-state index in [2.05, 4.69) is 0 Å². The molecule has 0 saturated heterocycles. The molecule has 6 heteroatoms. The highest BCUT2D eigenvalue weighted by Gasteiger charge is 2.09. The number of rotatable bonds is 3. The summed E-state index contributed by atoms with van der Waals surface area (Å²) in [6.45, 7) is 3.06. The molecular weight excluding hydrogens is 170 g/mol. The van der Waals surface area contributed by atoms with E-state index >= 15 is 0 Å². The van der Waals surface area contributed by atoms with Crippen LogP contribution in [-0.4, -0.2) is 19.8 Å². The molecule has 0 aliphatic heterocycles. The van der Waals surface area contributed by atoms with E-state index in [1.165, 1.54) is 13.8 Å². The van der Waals surface area contributed by atoms with Crippen molar-refractivity contribution in [2.24, 2.45) is 0 Å². The van der Waals surface area contributed by atoms with Gasteiger partial charge in [-0.25, -0.2) is 9.00 Å². The zero-order valence-corrected chi connectivity index (χ0v) is 6.94. The summed E-state index contributed by atoms with van der Waals surface area (Å²) in [6, 6.07) is 0. The quantitative estimate of drug-likeness (QED) is 0.423. The Kier molecular flexibility index (Phi) is 3.77. The van der Waals surface area contributed by atoms with E-state index in [0.717, 1.165) is 0 Å². The van der Waals surface area contributed by atoms with Gasteiger partial charge in [-0.15, -0.1) is 0 Å². The molecule has 0 aliphatic rings. The first-order valence-corrected chi connectivity index (χ1v) is 3.84. The third-order valence-corrected chi connectivity index (χ3v) is 1.28. The third-order valence-electron chi connectivity index (χ3n) is 0.903. The van der Waals surface area contributed by atoms with Crippen LogP contribution in [0, 0.1) is 0 Å². The molecule has 3 N–H and O–H groups in total. The molecule has 0 fully saturated rings. The summed E-state index contributed by atoms with van der Waals surface area (Å²) in [5.41, 5.74) is 0.200. The van der Waals surface area contributed by atoms with Crippen molar-refractivity contribution >= 4 is 17.2 Å². The number of allylic oxidation sites excluding steroid dienone is 1. The van der Waals surface area contributed by atoms with Gasteiger partial charge in [0.2, 0.25) is 0 Å². The van der Waals surface area contributed by atoms with Crippen molar-refractivity contribution in [1.29, 1.82) is 0 Å². The fourth-order valence-corrected chi connectivity index (χ4v) is 0.913. The van der Waals surface area contributed by atoms with E-state index in [-0.39, 0.29) is 5.70 Å². The number of aliphatic carboxylic acids is 1. The Morgan fingerprint density at radius 3 is 2.00 bits per heavy atom. The lowest BCUT2D eigenvalue weighted by molar-refractivity contribution is -0.132. The van der Waals surface area contributed by atoms with Gasteiger partial charge in [0.1, 0.15) is 5.70 Å². The maximum atomic E-state index is 10.3. The lowest BCUT2D eigenvalue weighted by Crippen LogP contribution is -2.22. The molecule has 0 rings (SSSR count). The molecule has 0 spiro atoms. The van der Waals surface area contributed by atoms with Gasteiger partial charge in [0, 0.05) is 0 Å². The molecule has 0 amide bonds. The Morgan fingerprint density at radius 2 is 1.91 bits per heavy atom. The number of nitrogens with one attached hydrogen (secondary N) is 1. The molecule has 0 aromatic heterocycles. The predicted octanol–water partition coefficient (Wildman–Crippen LogP) is 0.0912. The van der Waals surface area contributed by atoms with E-state index in [4.69, 9.17) is 9.66 Å². The number of carboxylic acid groups (broad SMARTS) is 1. The largest absolute Gasteiger partial charge is 0.477 e. The van der Waals surface area contributed by atoms with Crippen molar-refractivity contribution in [2.75, 3.05) is 0 Å². The Hall–Kier alpha value is -0.880. The molecule has 0 aromatic rings. The minimum Gasteiger partial charge on any atom is -0.477 e. The average Bonchev–Trinajstić information content (AvgIpc) is 1.81. The summed E-state index contributed by atoms with van der Waals surface area (Å²) in [4.78, 5) is 10.3. The van der Waals surface area contributed by atoms with Gasteiger partial charge in [-0.05, 0) is 19.4 Å². The standard InChI is InChI=1S/C5H9NO4S/c1-3(2)4(5(7)8)6-11(9)10/h6H,1-2H3,(H,7,8)(H,9,10). The zero-order chi connectivity index (χ0) is 9.02. The second kappa shape index (κ2) is 4.09. The molecule has 0 aliphatic carbocycles. The third kappa shape index (κ3) is 3.74. The molecule has 0 bridgehead atoms. The summed E-state index contributed by atoms with van der Waals surface area (Å²) < 4.78 is 20.3. The highest BCUT2D eigenvalue weighted by atomic mass is 32.2. The first-order chi connectivity index (χ1) is 4.95. The van der Waals surface area contributed by atoms with Crippen LogP contribution >= 0.6 is 0 Å². The molecule has 0 aromatic carbocycles. The van der Waals surface area contributed by atoms with Crippen molar-refractivity contribution in [1.82, 2.24) is 4.72 Å². The Labute approximate surface area is 66.5 Å². The lowest BCUT2D eigenvalue weighted by atomic mass is 10.3. The van der Waals surface area contributed by atoms with Crippen LogP contribution in [0.1, 0.15) is 13.8 Å². The summed E-state index contributed by atoms with van der Waals surface area (Å²) in [5.74, 6) is -1.24. The second-order valence-electron chi connectivity index (χ2n) is 2.03. The van der Waals surface area contributed by atoms with Crippen LogP contribution in [0.25, 0.3) is 0 Å². The zero-order valence-electron chi connectivity index (χ0n) is 6.12. The maximum Gasteiger partial charge on any atom is 0.352 e. The van der Waals surface area contributed by atoms with E-state index in [0.29, 0.717) is 5.57 Å². The SMILES string of the molecule is CC(C)=C(NS(=O)O)C(=O)O. The minimum absolute atomic E-state index is 0.245. The van der Waals surface area contributed by atoms with Crippen LogP contribution in [0.5, 0.6) is 0 Å². The van der Waals surface area contributed by atoms with Crippen LogP contribution < -0.4 is 4.72 Å². The molecular formula is C5H9NO4S. The topological polar surface area (TPSA) is 86.6 Å². The van der Waals surface area contributed by atoms with Crippen LogP contribution in [0.2, 0.25) is 0 Å². The van der Waals surface area contributed by atoms with Gasteiger partial charge < -0.3 is 5.11 Å². The number of carbonyl (C=O) groups is 1. The molecule has 11 heavy (non-hydrogen) atoms. The minimum atomic E-state index is -2.33. The van der Waals surface area contributed by atoms with Gasteiger partial charge >= 0.3 is 5.97 Å². The molecule has 1 atom stereocenters. The molecule has 0 heterocycles. The number of hydrogen-bond acceptors (Lipinski definition) is 2. The Balaban J connectivity index is 4.52. The van der Waals surface area contributed by atoms with E-state index in [9.17, 15) is 9.00 Å². The first-order valence-electron chi connectivity index (χ1n) is 2.73. The highest BCUT2D eigenvalue weighted by molar-refractivity contribution is 7.77. The van der Waals surface area contributed by atoms with E-state index < -0.39 is 17.2 Å². The van der Waals surface area contributed by atoms with Crippen LogP contribution in [0.4, 0.5) is 0 Å². The molecule has 0 radical (unpaired) electrons. The van der Waals surface area contributed by atoms with Crippen molar-refractivity contribution in [3.8, 4) is 0 Å². The van der Waals surface area contributed by atoms with Crippen LogP contribution in [0.15, 0.2) is 11.3 Å². The fraction of sp³-hybridized carbons (Fsp3) is 0.400. The second-order valence-corrected chi connectivity index (χ2v) is 2.73. The average molecular weight is 179 g/mol. The summed E-state index contributed by atoms with van der Waals surface area (Å²) in [5, 5.41) is 8.43. The predicted molar refractivity (Wildman–Crippen MR) is 39.9 cm³/mol. The van der Waals surface area contributed by atoms with Gasteiger partial charge in [0.15, 0.2) is 0 Å². The monoisotopic (exact) mass is 179 g/mol. The first kappa shape index (κ1) is 10.1.